The van der Waals surface area contributed by atoms with E-state index in [-0.39, 0.29) is 0 Å². The lowest BCUT2D eigenvalue weighted by atomic mass is 9.71. The van der Waals surface area contributed by atoms with Crippen molar-refractivity contribution < 1.29 is 4.79 Å². The molecule has 130 valence electrons. The molecule has 1 spiro atoms. The number of hydrogen-bond donors (Lipinski definition) is 0. The van der Waals surface area contributed by atoms with Gasteiger partial charge in [-0.1, -0.05) is 18.2 Å². The smallest absolute Gasteiger partial charge is 0.237 e. The molecule has 4 rings (SSSR count). The Morgan fingerprint density at radius 3 is 3.00 bits per heavy atom. The van der Waals surface area contributed by atoms with E-state index in [1.165, 1.54) is 37.0 Å². The summed E-state index contributed by atoms with van der Waals surface area (Å²) in [6.45, 7) is 3.76. The van der Waals surface area contributed by atoms with Crippen molar-refractivity contribution in [3.63, 3.8) is 0 Å². The van der Waals surface area contributed by atoms with Gasteiger partial charge in [-0.2, -0.15) is 0 Å². The molecule has 0 N–H and O–H groups in total. The van der Waals surface area contributed by atoms with Crippen LogP contribution in [0.5, 0.6) is 0 Å². The summed E-state index contributed by atoms with van der Waals surface area (Å²) in [7, 11) is 0. The Hall–Kier alpha value is -1.13. The fourth-order valence-electron chi connectivity index (χ4n) is 4.88. The van der Waals surface area contributed by atoms with Gasteiger partial charge in [0.15, 0.2) is 0 Å². The third kappa shape index (κ3) is 3.31. The monoisotopic (exact) mass is 344 g/mol. The molecule has 0 bridgehead atoms. The van der Waals surface area contributed by atoms with Gasteiger partial charge in [-0.15, -0.1) is 11.3 Å². The third-order valence-electron chi connectivity index (χ3n) is 6.10. The third-order valence-corrected chi connectivity index (χ3v) is 7.08. The fraction of sp³-hybridized carbons (Fsp3) is 0.650. The molecule has 2 atom stereocenters. The van der Waals surface area contributed by atoms with E-state index in [0.717, 1.165) is 32.5 Å². The van der Waals surface area contributed by atoms with Crippen LogP contribution in [0.15, 0.2) is 29.7 Å². The standard InChI is InChI=1S/C20H28N2OS/c23-19(22-13-4-7-17(22)18-8-5-14-24-18)15-21-12-6-11-20(16-21)9-2-1-3-10-20/h1-2,5,8,14,17H,3-4,6-7,9-13,15-16H2. The maximum Gasteiger partial charge on any atom is 0.237 e. The van der Waals surface area contributed by atoms with E-state index in [4.69, 9.17) is 0 Å². The summed E-state index contributed by atoms with van der Waals surface area (Å²) in [5.74, 6) is 0.342. The molecule has 1 aliphatic carbocycles. The SMILES string of the molecule is O=C(CN1CCCC2(CC=CCC2)C1)N1CCCC1c1cccs1. The number of rotatable bonds is 3. The second kappa shape index (κ2) is 7.01. The number of allylic oxidation sites excluding steroid dienone is 2. The van der Waals surface area contributed by atoms with E-state index < -0.39 is 0 Å². The molecule has 4 heteroatoms. The zero-order chi connectivity index (χ0) is 16.4. The molecule has 3 nitrogen and oxygen atoms in total. The van der Waals surface area contributed by atoms with Gasteiger partial charge >= 0.3 is 0 Å². The lowest BCUT2D eigenvalue weighted by Crippen LogP contribution is -2.48. The van der Waals surface area contributed by atoms with E-state index >= 15 is 0 Å². The highest BCUT2D eigenvalue weighted by Crippen LogP contribution is 2.41. The summed E-state index contributed by atoms with van der Waals surface area (Å²) < 4.78 is 0. The van der Waals surface area contributed by atoms with Crippen LogP contribution in [0.4, 0.5) is 0 Å². The summed E-state index contributed by atoms with van der Waals surface area (Å²) in [6.07, 6.45) is 13.3. The normalized spacial score (nSPS) is 31.0. The minimum absolute atomic E-state index is 0.328. The van der Waals surface area contributed by atoms with Crippen LogP contribution < -0.4 is 0 Å². The number of likely N-dealkylation sites (tertiary alicyclic amines) is 2. The van der Waals surface area contributed by atoms with Gasteiger partial charge in [0.25, 0.3) is 0 Å². The van der Waals surface area contributed by atoms with Gasteiger partial charge in [0.2, 0.25) is 5.91 Å². The Labute approximate surface area is 149 Å². The lowest BCUT2D eigenvalue weighted by molar-refractivity contribution is -0.134. The molecule has 2 saturated heterocycles. The molecule has 2 fully saturated rings. The average molecular weight is 345 g/mol. The molecule has 0 radical (unpaired) electrons. The maximum absolute atomic E-state index is 13.0. The van der Waals surface area contributed by atoms with Crippen LogP contribution in [-0.4, -0.2) is 41.9 Å². The molecule has 1 aromatic heterocycles. The highest BCUT2D eigenvalue weighted by molar-refractivity contribution is 7.10. The highest BCUT2D eigenvalue weighted by atomic mass is 32.1. The van der Waals surface area contributed by atoms with Crippen molar-refractivity contribution in [2.75, 3.05) is 26.2 Å². The van der Waals surface area contributed by atoms with Crippen molar-refractivity contribution in [1.82, 2.24) is 9.80 Å². The Bertz CT molecular complexity index is 597. The van der Waals surface area contributed by atoms with Crippen molar-refractivity contribution in [1.29, 1.82) is 0 Å². The van der Waals surface area contributed by atoms with Crippen molar-refractivity contribution in [3.8, 4) is 0 Å². The first-order valence-electron chi connectivity index (χ1n) is 9.46. The fourth-order valence-corrected chi connectivity index (χ4v) is 5.76. The van der Waals surface area contributed by atoms with Crippen molar-refractivity contribution in [2.24, 2.45) is 5.41 Å². The number of amides is 1. The number of carbonyl (C=O) groups excluding carboxylic acids is 1. The largest absolute Gasteiger partial charge is 0.334 e. The van der Waals surface area contributed by atoms with Crippen molar-refractivity contribution >= 4 is 17.2 Å². The zero-order valence-electron chi connectivity index (χ0n) is 14.5. The molecule has 2 aliphatic heterocycles. The maximum atomic E-state index is 13.0. The minimum atomic E-state index is 0.328. The van der Waals surface area contributed by atoms with Gasteiger partial charge in [0, 0.05) is 18.0 Å². The summed E-state index contributed by atoms with van der Waals surface area (Å²) in [5, 5.41) is 2.13. The molecule has 24 heavy (non-hydrogen) atoms. The van der Waals surface area contributed by atoms with Crippen molar-refractivity contribution in [2.45, 2.75) is 51.0 Å². The first kappa shape index (κ1) is 16.3. The second-order valence-corrected chi connectivity index (χ2v) is 8.77. The van der Waals surface area contributed by atoms with Crippen LogP contribution in [0.2, 0.25) is 0 Å². The molecule has 1 aromatic rings. The van der Waals surface area contributed by atoms with E-state index in [1.54, 1.807) is 11.3 Å². The summed E-state index contributed by atoms with van der Waals surface area (Å²) in [6, 6.07) is 4.62. The molecular formula is C20H28N2OS. The molecule has 0 aromatic carbocycles. The van der Waals surface area contributed by atoms with Gasteiger partial charge in [0.1, 0.15) is 0 Å². The van der Waals surface area contributed by atoms with E-state index in [1.807, 2.05) is 0 Å². The Kier molecular flexibility index (Phi) is 4.77. The Balaban J connectivity index is 1.39. The van der Waals surface area contributed by atoms with Crippen LogP contribution >= 0.6 is 11.3 Å². The van der Waals surface area contributed by atoms with Gasteiger partial charge in [0.05, 0.1) is 12.6 Å². The first-order chi connectivity index (χ1) is 11.8. The number of piperidine rings is 1. The summed E-state index contributed by atoms with van der Waals surface area (Å²) in [4.78, 5) is 18.9. The minimum Gasteiger partial charge on any atom is -0.334 e. The molecular weight excluding hydrogens is 316 g/mol. The molecule has 2 unspecified atom stereocenters. The quantitative estimate of drug-likeness (QED) is 0.766. The number of carbonyl (C=O) groups is 1. The van der Waals surface area contributed by atoms with Crippen LogP contribution in [0.3, 0.4) is 0 Å². The van der Waals surface area contributed by atoms with Crippen molar-refractivity contribution in [3.05, 3.63) is 34.5 Å². The summed E-state index contributed by atoms with van der Waals surface area (Å²) in [5.41, 5.74) is 0.450. The number of nitrogens with zero attached hydrogens (tertiary/aromatic N) is 2. The van der Waals surface area contributed by atoms with Gasteiger partial charge in [-0.25, -0.2) is 0 Å². The predicted octanol–water partition coefficient (Wildman–Crippen LogP) is 4.23. The highest BCUT2D eigenvalue weighted by Gasteiger charge is 2.37. The number of thiophene rings is 1. The first-order valence-corrected chi connectivity index (χ1v) is 10.3. The van der Waals surface area contributed by atoms with Gasteiger partial charge in [-0.3, -0.25) is 9.69 Å². The van der Waals surface area contributed by atoms with Gasteiger partial charge in [-0.05, 0) is 68.4 Å². The molecule has 3 aliphatic rings. The van der Waals surface area contributed by atoms with Crippen LogP contribution in [-0.2, 0) is 4.79 Å². The molecule has 1 amide bonds. The molecule has 3 heterocycles. The van der Waals surface area contributed by atoms with Gasteiger partial charge < -0.3 is 4.90 Å². The zero-order valence-corrected chi connectivity index (χ0v) is 15.3. The molecule has 0 saturated carbocycles. The van der Waals surface area contributed by atoms with E-state index in [9.17, 15) is 4.79 Å². The number of hydrogen-bond acceptors (Lipinski definition) is 3. The Morgan fingerprint density at radius 1 is 1.25 bits per heavy atom. The average Bonchev–Trinajstić information content (AvgIpc) is 3.27. The predicted molar refractivity (Wildman–Crippen MR) is 99.1 cm³/mol. The van der Waals surface area contributed by atoms with Crippen LogP contribution in [0.25, 0.3) is 0 Å². The topological polar surface area (TPSA) is 23.6 Å². The Morgan fingerprint density at radius 2 is 2.21 bits per heavy atom. The lowest BCUT2D eigenvalue weighted by Gasteiger charge is -2.44. The van der Waals surface area contributed by atoms with E-state index in [0.29, 0.717) is 23.9 Å². The van der Waals surface area contributed by atoms with Crippen LogP contribution in [0, 0.1) is 5.41 Å². The van der Waals surface area contributed by atoms with E-state index in [2.05, 4.69) is 39.5 Å². The van der Waals surface area contributed by atoms with Crippen LogP contribution in [0.1, 0.15) is 55.9 Å². The second-order valence-electron chi connectivity index (χ2n) is 7.79. The summed E-state index contributed by atoms with van der Waals surface area (Å²) >= 11 is 1.79.